The van der Waals surface area contributed by atoms with Crippen LogP contribution < -0.4 is 14.8 Å². The first-order valence-electron chi connectivity index (χ1n) is 7.62. The highest BCUT2D eigenvalue weighted by Crippen LogP contribution is 2.28. The van der Waals surface area contributed by atoms with E-state index < -0.39 is 12.6 Å². The largest absolute Gasteiger partial charge is 0.490 e. The smallest absolute Gasteiger partial charge is 0.341 e. The maximum atomic E-state index is 12.2. The fourth-order valence-electron chi connectivity index (χ4n) is 1.83. The van der Waals surface area contributed by atoms with Crippen molar-refractivity contribution < 1.29 is 24.2 Å². The number of ether oxygens (including phenoxy) is 2. The van der Waals surface area contributed by atoms with Crippen LogP contribution in [-0.2, 0) is 4.79 Å². The van der Waals surface area contributed by atoms with Gasteiger partial charge in [0.1, 0.15) is 0 Å². The Balaban J connectivity index is 2.77. The van der Waals surface area contributed by atoms with E-state index in [1.165, 1.54) is 0 Å². The minimum absolute atomic E-state index is 0.151. The number of carboxylic acid groups (broad SMARTS) is 1. The van der Waals surface area contributed by atoms with Crippen LogP contribution in [0.1, 0.15) is 44.5 Å². The monoisotopic (exact) mass is 323 g/mol. The zero-order chi connectivity index (χ0) is 17.5. The van der Waals surface area contributed by atoms with Crippen molar-refractivity contribution in [2.24, 2.45) is 5.41 Å². The molecule has 128 valence electrons. The third-order valence-electron chi connectivity index (χ3n) is 3.02. The van der Waals surface area contributed by atoms with Gasteiger partial charge in [-0.1, -0.05) is 20.8 Å². The average Bonchev–Trinajstić information content (AvgIpc) is 2.44. The standard InChI is InChI=1S/C17H25NO5/c1-5-22-14-10-12(6-7-13(14)23-11-15(19)20)16(21)18-9-8-17(2,3)4/h6-7,10H,5,8-9,11H2,1-4H3,(H,18,21)(H,19,20). The number of carboxylic acids is 1. The van der Waals surface area contributed by atoms with Crippen LogP contribution in [-0.4, -0.2) is 36.7 Å². The molecule has 23 heavy (non-hydrogen) atoms. The lowest BCUT2D eigenvalue weighted by Gasteiger charge is -2.18. The number of benzene rings is 1. The van der Waals surface area contributed by atoms with E-state index in [-0.39, 0.29) is 11.3 Å². The van der Waals surface area contributed by atoms with Gasteiger partial charge in [0, 0.05) is 12.1 Å². The van der Waals surface area contributed by atoms with Crippen LogP contribution in [0.2, 0.25) is 0 Å². The molecule has 0 aromatic heterocycles. The molecular formula is C17H25NO5. The zero-order valence-corrected chi connectivity index (χ0v) is 14.1. The van der Waals surface area contributed by atoms with Gasteiger partial charge in [-0.25, -0.2) is 4.79 Å². The maximum absolute atomic E-state index is 12.2. The number of carbonyl (C=O) groups excluding carboxylic acids is 1. The van der Waals surface area contributed by atoms with Crippen molar-refractivity contribution >= 4 is 11.9 Å². The molecule has 0 aliphatic rings. The van der Waals surface area contributed by atoms with Gasteiger partial charge in [0.25, 0.3) is 5.91 Å². The van der Waals surface area contributed by atoms with Crippen LogP contribution in [0.5, 0.6) is 11.5 Å². The van der Waals surface area contributed by atoms with Crippen molar-refractivity contribution in [2.75, 3.05) is 19.8 Å². The molecule has 1 aromatic carbocycles. The average molecular weight is 323 g/mol. The fraction of sp³-hybridized carbons (Fsp3) is 0.529. The summed E-state index contributed by atoms with van der Waals surface area (Å²) in [6.45, 7) is 8.65. The molecule has 1 amide bonds. The lowest BCUT2D eigenvalue weighted by atomic mass is 9.92. The third-order valence-corrected chi connectivity index (χ3v) is 3.02. The van der Waals surface area contributed by atoms with Gasteiger partial charge in [-0.05, 0) is 37.0 Å². The van der Waals surface area contributed by atoms with Crippen molar-refractivity contribution in [1.82, 2.24) is 5.32 Å². The molecule has 0 aliphatic heterocycles. The van der Waals surface area contributed by atoms with Crippen LogP contribution >= 0.6 is 0 Å². The Morgan fingerprint density at radius 1 is 1.17 bits per heavy atom. The third kappa shape index (κ3) is 7.04. The van der Waals surface area contributed by atoms with Gasteiger partial charge in [-0.15, -0.1) is 0 Å². The van der Waals surface area contributed by atoms with Gasteiger partial charge in [0.15, 0.2) is 18.1 Å². The Bertz CT molecular complexity index is 548. The number of nitrogens with one attached hydrogen (secondary N) is 1. The second kappa shape index (κ2) is 8.41. The summed E-state index contributed by atoms with van der Waals surface area (Å²) in [5.74, 6) is -0.603. The van der Waals surface area contributed by atoms with E-state index in [9.17, 15) is 9.59 Å². The molecular weight excluding hydrogens is 298 g/mol. The first-order chi connectivity index (χ1) is 10.7. The number of carbonyl (C=O) groups is 2. The molecule has 1 aromatic rings. The van der Waals surface area contributed by atoms with Gasteiger partial charge in [0.2, 0.25) is 0 Å². The van der Waals surface area contributed by atoms with E-state index in [1.54, 1.807) is 25.1 Å². The number of rotatable bonds is 8. The molecule has 1 rings (SSSR count). The molecule has 0 saturated heterocycles. The van der Waals surface area contributed by atoms with E-state index in [0.717, 1.165) is 6.42 Å². The van der Waals surface area contributed by atoms with Gasteiger partial charge in [0.05, 0.1) is 6.61 Å². The van der Waals surface area contributed by atoms with Gasteiger partial charge in [-0.3, -0.25) is 4.79 Å². The molecule has 6 nitrogen and oxygen atoms in total. The molecule has 6 heteroatoms. The molecule has 0 spiro atoms. The summed E-state index contributed by atoms with van der Waals surface area (Å²) in [4.78, 5) is 22.7. The Morgan fingerprint density at radius 3 is 2.43 bits per heavy atom. The summed E-state index contributed by atoms with van der Waals surface area (Å²) in [6.07, 6.45) is 0.872. The summed E-state index contributed by atoms with van der Waals surface area (Å²) in [5.41, 5.74) is 0.600. The van der Waals surface area contributed by atoms with Crippen LogP contribution in [0.3, 0.4) is 0 Å². The number of aliphatic carboxylic acids is 1. The van der Waals surface area contributed by atoms with Gasteiger partial charge >= 0.3 is 5.97 Å². The van der Waals surface area contributed by atoms with Gasteiger partial charge < -0.3 is 19.9 Å². The molecule has 0 aliphatic carbocycles. The molecule has 0 fully saturated rings. The van der Waals surface area contributed by atoms with Crippen molar-refractivity contribution in [2.45, 2.75) is 34.1 Å². The Hall–Kier alpha value is -2.24. The van der Waals surface area contributed by atoms with Crippen molar-refractivity contribution in [3.8, 4) is 11.5 Å². The summed E-state index contributed by atoms with van der Waals surface area (Å²) in [7, 11) is 0. The van der Waals surface area contributed by atoms with E-state index >= 15 is 0 Å². The van der Waals surface area contributed by atoms with Crippen molar-refractivity contribution in [3.63, 3.8) is 0 Å². The van der Waals surface area contributed by atoms with Crippen LogP contribution in [0.4, 0.5) is 0 Å². The molecule has 0 atom stereocenters. The fourth-order valence-corrected chi connectivity index (χ4v) is 1.83. The molecule has 0 unspecified atom stereocenters. The van der Waals surface area contributed by atoms with Crippen molar-refractivity contribution in [1.29, 1.82) is 0 Å². The minimum Gasteiger partial charge on any atom is -0.490 e. The zero-order valence-electron chi connectivity index (χ0n) is 14.1. The number of hydrogen-bond donors (Lipinski definition) is 2. The SMILES string of the molecule is CCOc1cc(C(=O)NCCC(C)(C)C)ccc1OCC(=O)O. The molecule has 2 N–H and O–H groups in total. The summed E-state index contributed by atoms with van der Waals surface area (Å²) in [6, 6.07) is 4.70. The predicted octanol–water partition coefficient (Wildman–Crippen LogP) is 2.71. The molecule has 0 heterocycles. The lowest BCUT2D eigenvalue weighted by molar-refractivity contribution is -0.139. The summed E-state index contributed by atoms with van der Waals surface area (Å²) in [5, 5.41) is 11.5. The lowest BCUT2D eigenvalue weighted by Crippen LogP contribution is -2.27. The Labute approximate surface area is 136 Å². The summed E-state index contributed by atoms with van der Waals surface area (Å²) >= 11 is 0. The maximum Gasteiger partial charge on any atom is 0.341 e. The predicted molar refractivity (Wildman–Crippen MR) is 87.1 cm³/mol. The topological polar surface area (TPSA) is 84.9 Å². The highest BCUT2D eigenvalue weighted by atomic mass is 16.5. The van der Waals surface area contributed by atoms with Crippen LogP contribution in [0, 0.1) is 5.41 Å². The Kier molecular flexibility index (Phi) is 6.88. The molecule has 0 radical (unpaired) electrons. The first kappa shape index (κ1) is 18.8. The van der Waals surface area contributed by atoms with Crippen LogP contribution in [0.15, 0.2) is 18.2 Å². The second-order valence-corrected chi connectivity index (χ2v) is 6.34. The quantitative estimate of drug-likeness (QED) is 0.768. The first-order valence-corrected chi connectivity index (χ1v) is 7.62. The number of amides is 1. The van der Waals surface area contributed by atoms with E-state index in [1.807, 2.05) is 0 Å². The highest BCUT2D eigenvalue weighted by molar-refractivity contribution is 5.94. The van der Waals surface area contributed by atoms with Gasteiger partial charge in [-0.2, -0.15) is 0 Å². The molecule has 0 bridgehead atoms. The van der Waals surface area contributed by atoms with Crippen LogP contribution in [0.25, 0.3) is 0 Å². The number of hydrogen-bond acceptors (Lipinski definition) is 4. The summed E-state index contributed by atoms with van der Waals surface area (Å²) < 4.78 is 10.6. The van der Waals surface area contributed by atoms with Crippen molar-refractivity contribution in [3.05, 3.63) is 23.8 Å². The normalized spacial score (nSPS) is 11.0. The van der Waals surface area contributed by atoms with E-state index in [0.29, 0.717) is 30.2 Å². The molecule has 0 saturated carbocycles. The Morgan fingerprint density at radius 2 is 1.87 bits per heavy atom. The van der Waals surface area contributed by atoms with E-state index in [2.05, 4.69) is 26.1 Å². The van der Waals surface area contributed by atoms with E-state index in [4.69, 9.17) is 14.6 Å². The minimum atomic E-state index is -1.07. The second-order valence-electron chi connectivity index (χ2n) is 6.34. The highest BCUT2D eigenvalue weighted by Gasteiger charge is 2.14.